The second kappa shape index (κ2) is 6.00. The van der Waals surface area contributed by atoms with Crippen LogP contribution in [0.2, 0.25) is 5.02 Å². The molecule has 1 N–H and O–H groups in total. The highest BCUT2D eigenvalue weighted by Crippen LogP contribution is 2.25. The summed E-state index contributed by atoms with van der Waals surface area (Å²) in [5, 5.41) is 9.73. The fourth-order valence-electron chi connectivity index (χ4n) is 1.99. The maximum Gasteiger partial charge on any atom is 0.416 e. The SMILES string of the molecule is O=C(O)c1cccc2nc([S+]([O-])Cc3ccc(Cl)cc3)oc12. The molecule has 1 aromatic heterocycles. The van der Waals surface area contributed by atoms with Crippen LogP contribution in [0.1, 0.15) is 15.9 Å². The summed E-state index contributed by atoms with van der Waals surface area (Å²) in [7, 11) is 0. The lowest BCUT2D eigenvalue weighted by Gasteiger charge is -2.05. The highest BCUT2D eigenvalue weighted by atomic mass is 35.5. The van der Waals surface area contributed by atoms with Gasteiger partial charge in [-0.15, -0.1) is 0 Å². The molecular weight excluding hydrogens is 326 g/mol. The van der Waals surface area contributed by atoms with Crippen LogP contribution in [-0.2, 0) is 16.9 Å². The van der Waals surface area contributed by atoms with E-state index in [1.807, 2.05) is 0 Å². The predicted molar refractivity (Wildman–Crippen MR) is 82.5 cm³/mol. The van der Waals surface area contributed by atoms with Crippen molar-refractivity contribution in [2.24, 2.45) is 0 Å². The van der Waals surface area contributed by atoms with Crippen LogP contribution in [0.5, 0.6) is 0 Å². The first-order chi connectivity index (χ1) is 10.5. The van der Waals surface area contributed by atoms with Crippen LogP contribution in [-0.4, -0.2) is 20.6 Å². The molecule has 1 heterocycles. The number of benzene rings is 2. The smallest absolute Gasteiger partial charge is 0.416 e. The maximum atomic E-state index is 12.3. The Kier molecular flexibility index (Phi) is 4.06. The molecule has 0 aliphatic carbocycles. The number of aromatic carboxylic acids is 1. The van der Waals surface area contributed by atoms with E-state index < -0.39 is 17.1 Å². The second-order valence-corrected chi connectivity index (χ2v) is 6.32. The molecule has 22 heavy (non-hydrogen) atoms. The van der Waals surface area contributed by atoms with Gasteiger partial charge in [-0.1, -0.05) is 29.8 Å². The molecule has 0 saturated heterocycles. The number of nitrogens with zero attached hydrogens (tertiary/aromatic N) is 1. The van der Waals surface area contributed by atoms with Gasteiger partial charge in [-0.25, -0.2) is 4.79 Å². The molecule has 3 aromatic rings. The lowest BCUT2D eigenvalue weighted by Crippen LogP contribution is -2.05. The van der Waals surface area contributed by atoms with Crippen LogP contribution < -0.4 is 0 Å². The first-order valence-corrected chi connectivity index (χ1v) is 8.00. The van der Waals surface area contributed by atoms with Gasteiger partial charge in [0.15, 0.2) is 5.58 Å². The molecule has 5 nitrogen and oxygen atoms in total. The van der Waals surface area contributed by atoms with Gasteiger partial charge < -0.3 is 14.1 Å². The van der Waals surface area contributed by atoms with Crippen molar-refractivity contribution in [3.8, 4) is 0 Å². The van der Waals surface area contributed by atoms with Crippen molar-refractivity contribution in [3.63, 3.8) is 0 Å². The molecule has 2 aromatic carbocycles. The van der Waals surface area contributed by atoms with Crippen molar-refractivity contribution in [1.82, 2.24) is 4.98 Å². The zero-order chi connectivity index (χ0) is 15.7. The molecule has 0 aliphatic heterocycles. The van der Waals surface area contributed by atoms with Gasteiger partial charge in [0, 0.05) is 10.6 Å². The number of para-hydroxylation sites is 1. The van der Waals surface area contributed by atoms with Gasteiger partial charge in [-0.05, 0) is 24.3 Å². The molecule has 3 rings (SSSR count). The molecule has 0 saturated carbocycles. The minimum atomic E-state index is -1.51. The number of oxazole rings is 1. The molecule has 0 spiro atoms. The lowest BCUT2D eigenvalue weighted by molar-refractivity contribution is 0.0697. The summed E-state index contributed by atoms with van der Waals surface area (Å²) in [6.07, 6.45) is 0. The van der Waals surface area contributed by atoms with E-state index in [1.54, 1.807) is 36.4 Å². The molecule has 0 bridgehead atoms. The van der Waals surface area contributed by atoms with Crippen molar-refractivity contribution in [1.29, 1.82) is 0 Å². The summed E-state index contributed by atoms with van der Waals surface area (Å²) in [5.41, 5.74) is 1.33. The minimum absolute atomic E-state index is 0.000238. The first-order valence-electron chi connectivity index (χ1n) is 6.30. The molecular formula is C15H10ClNO4S. The normalized spacial score (nSPS) is 12.5. The van der Waals surface area contributed by atoms with Crippen LogP contribution in [0.15, 0.2) is 52.1 Å². The molecule has 7 heteroatoms. The molecule has 0 amide bonds. The Labute approximate surface area is 133 Å². The minimum Gasteiger partial charge on any atom is -0.607 e. The third kappa shape index (κ3) is 2.94. The van der Waals surface area contributed by atoms with E-state index in [2.05, 4.69) is 4.98 Å². The van der Waals surface area contributed by atoms with E-state index in [-0.39, 0.29) is 22.1 Å². The topological polar surface area (TPSA) is 86.4 Å². The molecule has 1 unspecified atom stereocenters. The molecule has 112 valence electrons. The van der Waals surface area contributed by atoms with Gasteiger partial charge in [0.2, 0.25) is 0 Å². The monoisotopic (exact) mass is 335 g/mol. The van der Waals surface area contributed by atoms with Crippen molar-refractivity contribution >= 4 is 39.8 Å². The number of halogens is 1. The largest absolute Gasteiger partial charge is 0.607 e. The fraction of sp³-hybridized carbons (Fsp3) is 0.0667. The Balaban J connectivity index is 1.91. The number of hydrogen-bond donors (Lipinski definition) is 1. The predicted octanol–water partition coefficient (Wildman–Crippen LogP) is 3.49. The summed E-state index contributed by atoms with van der Waals surface area (Å²) in [6.45, 7) is 0. The third-order valence-electron chi connectivity index (χ3n) is 3.03. The van der Waals surface area contributed by atoms with Gasteiger partial charge in [0.05, 0.1) is 11.2 Å². The summed E-state index contributed by atoms with van der Waals surface area (Å²) in [4.78, 5) is 15.3. The second-order valence-electron chi connectivity index (χ2n) is 4.56. The Hall–Kier alpha value is -2.02. The van der Waals surface area contributed by atoms with E-state index in [0.717, 1.165) is 5.56 Å². The molecule has 1 atom stereocenters. The van der Waals surface area contributed by atoms with E-state index >= 15 is 0 Å². The van der Waals surface area contributed by atoms with Crippen molar-refractivity contribution in [2.45, 2.75) is 11.0 Å². The summed E-state index contributed by atoms with van der Waals surface area (Å²) in [6, 6.07) is 11.6. The number of rotatable bonds is 4. The highest BCUT2D eigenvalue weighted by Gasteiger charge is 2.22. The highest BCUT2D eigenvalue weighted by molar-refractivity contribution is 7.90. The summed E-state index contributed by atoms with van der Waals surface area (Å²) >= 11 is 4.29. The Morgan fingerprint density at radius 3 is 2.68 bits per heavy atom. The average molecular weight is 336 g/mol. The molecule has 0 aliphatic rings. The summed E-state index contributed by atoms with van der Waals surface area (Å²) < 4.78 is 17.7. The number of aromatic nitrogens is 1. The van der Waals surface area contributed by atoms with Crippen molar-refractivity contribution < 1.29 is 18.9 Å². The number of hydrogen-bond acceptors (Lipinski definition) is 4. The number of carbonyl (C=O) groups is 1. The number of fused-ring (bicyclic) bond motifs is 1. The number of carboxylic acids is 1. The first kappa shape index (κ1) is 14.9. The van der Waals surface area contributed by atoms with E-state index in [9.17, 15) is 9.35 Å². The lowest BCUT2D eigenvalue weighted by atomic mass is 10.2. The van der Waals surface area contributed by atoms with Gasteiger partial charge >= 0.3 is 11.2 Å². The van der Waals surface area contributed by atoms with Crippen LogP contribution in [0, 0.1) is 0 Å². The van der Waals surface area contributed by atoms with Crippen molar-refractivity contribution in [2.75, 3.05) is 0 Å². The quantitative estimate of drug-likeness (QED) is 0.737. The van der Waals surface area contributed by atoms with Crippen LogP contribution in [0.3, 0.4) is 0 Å². The van der Waals surface area contributed by atoms with E-state index in [1.165, 1.54) is 6.07 Å². The van der Waals surface area contributed by atoms with Crippen LogP contribution in [0.4, 0.5) is 0 Å². The Morgan fingerprint density at radius 2 is 2.00 bits per heavy atom. The average Bonchev–Trinajstić information content (AvgIpc) is 2.93. The fourth-order valence-corrected chi connectivity index (χ4v) is 3.11. The standard InChI is InChI=1S/C15H10ClNO4S/c16-10-6-4-9(5-7-10)8-22(20)15-17-12-3-1-2-11(14(18)19)13(12)21-15/h1-7H,8H2,(H,18,19). The third-order valence-corrected chi connectivity index (χ3v) is 4.44. The van der Waals surface area contributed by atoms with Gasteiger partial charge in [0.1, 0.15) is 16.8 Å². The zero-order valence-electron chi connectivity index (χ0n) is 11.2. The zero-order valence-corrected chi connectivity index (χ0v) is 12.7. The molecule has 0 fully saturated rings. The van der Waals surface area contributed by atoms with Gasteiger partial charge in [0.25, 0.3) is 0 Å². The maximum absolute atomic E-state index is 12.3. The van der Waals surface area contributed by atoms with E-state index in [0.29, 0.717) is 10.5 Å². The Morgan fingerprint density at radius 1 is 1.27 bits per heavy atom. The molecule has 0 radical (unpaired) electrons. The number of carboxylic acid groups (broad SMARTS) is 1. The van der Waals surface area contributed by atoms with Gasteiger partial charge in [-0.2, -0.15) is 4.98 Å². The van der Waals surface area contributed by atoms with Gasteiger partial charge in [-0.3, -0.25) is 0 Å². The van der Waals surface area contributed by atoms with Crippen LogP contribution in [0.25, 0.3) is 11.1 Å². The Bertz CT molecular complexity index is 831. The van der Waals surface area contributed by atoms with Crippen molar-refractivity contribution in [3.05, 3.63) is 58.6 Å². The van der Waals surface area contributed by atoms with E-state index in [4.69, 9.17) is 21.1 Å². The van der Waals surface area contributed by atoms with Crippen LogP contribution >= 0.6 is 11.6 Å². The summed E-state index contributed by atoms with van der Waals surface area (Å²) in [5.74, 6) is -0.899.